The van der Waals surface area contributed by atoms with Crippen LogP contribution in [0.2, 0.25) is 0 Å². The van der Waals surface area contributed by atoms with E-state index in [-0.39, 0.29) is 23.9 Å². The smallest absolute Gasteiger partial charge is 0.272 e. The molecule has 0 aromatic carbocycles. The molecule has 1 aromatic rings. The highest BCUT2D eigenvalue weighted by Gasteiger charge is 2.12. The molecule has 0 bridgehead atoms. The number of hydrogen-bond acceptors (Lipinski definition) is 4. The second kappa shape index (κ2) is 5.41. The molecular formula is C10H15N3O3. The Kier molecular flexibility index (Phi) is 4.19. The maximum absolute atomic E-state index is 11.6. The number of nitrogens with zero attached hydrogens (tertiary/aromatic N) is 2. The van der Waals surface area contributed by atoms with Crippen LogP contribution in [0.25, 0.3) is 0 Å². The molecule has 1 atom stereocenters. The molecule has 0 aliphatic heterocycles. The van der Waals surface area contributed by atoms with Crippen molar-refractivity contribution < 1.29 is 9.90 Å². The minimum absolute atomic E-state index is 0.117. The molecule has 0 saturated heterocycles. The van der Waals surface area contributed by atoms with Gasteiger partial charge in [0.05, 0.1) is 12.6 Å². The standard InChI is InChI=1S/C10H15N3O3/c1-3-7(6-14)11-10(16)8-4-5-9(15)13(2)12-8/h4-5,7,14H,3,6H2,1-2H3,(H,11,16)/t7-/m0/s1. The molecule has 0 aliphatic carbocycles. The molecule has 0 spiro atoms. The summed E-state index contributed by atoms with van der Waals surface area (Å²) in [5.41, 5.74) is -0.111. The van der Waals surface area contributed by atoms with Crippen molar-refractivity contribution in [3.8, 4) is 0 Å². The maximum atomic E-state index is 11.6. The highest BCUT2D eigenvalue weighted by molar-refractivity contribution is 5.92. The summed E-state index contributed by atoms with van der Waals surface area (Å²) in [4.78, 5) is 22.7. The van der Waals surface area contributed by atoms with Crippen LogP contribution in [0.4, 0.5) is 0 Å². The van der Waals surface area contributed by atoms with E-state index in [1.165, 1.54) is 19.2 Å². The Hall–Kier alpha value is -1.69. The van der Waals surface area contributed by atoms with E-state index in [2.05, 4.69) is 10.4 Å². The van der Waals surface area contributed by atoms with Gasteiger partial charge in [0.25, 0.3) is 11.5 Å². The molecule has 0 fully saturated rings. The molecule has 0 saturated carbocycles. The van der Waals surface area contributed by atoms with Gasteiger partial charge in [-0.15, -0.1) is 0 Å². The van der Waals surface area contributed by atoms with Gasteiger partial charge in [0.15, 0.2) is 0 Å². The average Bonchev–Trinajstić information content (AvgIpc) is 2.29. The van der Waals surface area contributed by atoms with E-state index in [1.807, 2.05) is 6.92 Å². The van der Waals surface area contributed by atoms with Crippen LogP contribution < -0.4 is 10.9 Å². The molecule has 1 aromatic heterocycles. The summed E-state index contributed by atoms with van der Waals surface area (Å²) in [5.74, 6) is -0.392. The van der Waals surface area contributed by atoms with Crippen LogP contribution in [0, 0.1) is 0 Å². The quantitative estimate of drug-likeness (QED) is 0.708. The third-order valence-corrected chi connectivity index (χ3v) is 2.24. The molecule has 16 heavy (non-hydrogen) atoms. The number of nitrogens with one attached hydrogen (secondary N) is 1. The summed E-state index contributed by atoms with van der Waals surface area (Å²) in [5, 5.41) is 15.3. The molecule has 6 nitrogen and oxygen atoms in total. The third-order valence-electron chi connectivity index (χ3n) is 2.24. The van der Waals surface area contributed by atoms with Crippen molar-refractivity contribution in [1.29, 1.82) is 0 Å². The molecule has 1 heterocycles. The predicted octanol–water partition coefficient (Wildman–Crippen LogP) is -0.719. The van der Waals surface area contributed by atoms with E-state index in [9.17, 15) is 9.59 Å². The SMILES string of the molecule is CC[C@@H](CO)NC(=O)c1ccc(=O)n(C)n1. The number of aromatic nitrogens is 2. The summed E-state index contributed by atoms with van der Waals surface area (Å²) >= 11 is 0. The number of amides is 1. The first-order valence-electron chi connectivity index (χ1n) is 5.04. The van der Waals surface area contributed by atoms with Crippen molar-refractivity contribution in [3.63, 3.8) is 0 Å². The molecule has 6 heteroatoms. The first-order valence-corrected chi connectivity index (χ1v) is 5.04. The fraction of sp³-hybridized carbons (Fsp3) is 0.500. The Morgan fingerprint density at radius 2 is 2.31 bits per heavy atom. The van der Waals surface area contributed by atoms with E-state index >= 15 is 0 Å². The van der Waals surface area contributed by atoms with E-state index in [4.69, 9.17) is 5.11 Å². The van der Waals surface area contributed by atoms with Gasteiger partial charge in [-0.2, -0.15) is 5.10 Å². The van der Waals surface area contributed by atoms with Gasteiger partial charge in [0, 0.05) is 13.1 Å². The molecule has 0 aliphatic rings. The molecular weight excluding hydrogens is 210 g/mol. The van der Waals surface area contributed by atoms with Crippen LogP contribution in [0.3, 0.4) is 0 Å². The van der Waals surface area contributed by atoms with Gasteiger partial charge in [-0.3, -0.25) is 9.59 Å². The number of hydrogen-bond donors (Lipinski definition) is 2. The second-order valence-electron chi connectivity index (χ2n) is 3.44. The minimum atomic E-state index is -0.392. The molecule has 2 N–H and O–H groups in total. The summed E-state index contributed by atoms with van der Waals surface area (Å²) in [6, 6.07) is 2.36. The van der Waals surface area contributed by atoms with Crippen LogP contribution in [0.1, 0.15) is 23.8 Å². The maximum Gasteiger partial charge on any atom is 0.272 e. The van der Waals surface area contributed by atoms with Crippen molar-refractivity contribution >= 4 is 5.91 Å². The number of carbonyl (C=O) groups is 1. The topological polar surface area (TPSA) is 84.2 Å². The lowest BCUT2D eigenvalue weighted by molar-refractivity contribution is 0.0907. The number of aryl methyl sites for hydroxylation is 1. The average molecular weight is 225 g/mol. The van der Waals surface area contributed by atoms with Gasteiger partial charge in [0.1, 0.15) is 5.69 Å². The molecule has 1 rings (SSSR count). The molecule has 88 valence electrons. The van der Waals surface area contributed by atoms with Gasteiger partial charge in [0.2, 0.25) is 0 Å². The largest absolute Gasteiger partial charge is 0.394 e. The van der Waals surface area contributed by atoms with E-state index in [1.54, 1.807) is 0 Å². The number of aliphatic hydroxyl groups is 1. The van der Waals surface area contributed by atoms with E-state index < -0.39 is 5.91 Å². The molecule has 0 unspecified atom stereocenters. The summed E-state index contributed by atoms with van der Waals surface area (Å²) in [6.07, 6.45) is 0.633. The Bertz CT molecular complexity index is 424. The first kappa shape index (κ1) is 12.4. The zero-order valence-corrected chi connectivity index (χ0v) is 9.30. The highest BCUT2D eigenvalue weighted by atomic mass is 16.3. The van der Waals surface area contributed by atoms with Crippen LogP contribution in [-0.4, -0.2) is 33.4 Å². The zero-order valence-electron chi connectivity index (χ0n) is 9.30. The Morgan fingerprint density at radius 1 is 1.62 bits per heavy atom. The summed E-state index contributed by atoms with van der Waals surface area (Å²) in [6.45, 7) is 1.74. The lowest BCUT2D eigenvalue weighted by Gasteiger charge is -2.13. The van der Waals surface area contributed by atoms with Crippen LogP contribution in [-0.2, 0) is 7.05 Å². The first-order chi connectivity index (χ1) is 7.58. The van der Waals surface area contributed by atoms with Crippen LogP contribution in [0.5, 0.6) is 0 Å². The number of aliphatic hydroxyl groups excluding tert-OH is 1. The van der Waals surface area contributed by atoms with E-state index in [0.29, 0.717) is 6.42 Å². The van der Waals surface area contributed by atoms with Gasteiger partial charge in [-0.1, -0.05) is 6.92 Å². The number of rotatable bonds is 4. The fourth-order valence-corrected chi connectivity index (χ4v) is 1.16. The van der Waals surface area contributed by atoms with Gasteiger partial charge >= 0.3 is 0 Å². The summed E-state index contributed by atoms with van der Waals surface area (Å²) < 4.78 is 1.09. The van der Waals surface area contributed by atoms with E-state index in [0.717, 1.165) is 4.68 Å². The van der Waals surface area contributed by atoms with Crippen molar-refractivity contribution in [3.05, 3.63) is 28.2 Å². The Balaban J connectivity index is 2.80. The van der Waals surface area contributed by atoms with Crippen LogP contribution in [0.15, 0.2) is 16.9 Å². The highest BCUT2D eigenvalue weighted by Crippen LogP contribution is 1.94. The van der Waals surface area contributed by atoms with Crippen molar-refractivity contribution in [2.75, 3.05) is 6.61 Å². The minimum Gasteiger partial charge on any atom is -0.394 e. The Morgan fingerprint density at radius 3 is 2.81 bits per heavy atom. The predicted molar refractivity (Wildman–Crippen MR) is 58.1 cm³/mol. The van der Waals surface area contributed by atoms with Gasteiger partial charge < -0.3 is 10.4 Å². The molecule has 0 radical (unpaired) electrons. The molecule has 1 amide bonds. The van der Waals surface area contributed by atoms with Gasteiger partial charge in [-0.25, -0.2) is 4.68 Å². The lowest BCUT2D eigenvalue weighted by Crippen LogP contribution is -2.38. The Labute approximate surface area is 92.9 Å². The normalized spacial score (nSPS) is 12.2. The fourth-order valence-electron chi connectivity index (χ4n) is 1.16. The number of carbonyl (C=O) groups excluding carboxylic acids is 1. The summed E-state index contributed by atoms with van der Waals surface area (Å²) in [7, 11) is 1.47. The monoisotopic (exact) mass is 225 g/mol. The van der Waals surface area contributed by atoms with Crippen molar-refractivity contribution in [2.24, 2.45) is 7.05 Å². The second-order valence-corrected chi connectivity index (χ2v) is 3.44. The van der Waals surface area contributed by atoms with Crippen LogP contribution >= 0.6 is 0 Å². The third kappa shape index (κ3) is 2.90. The van der Waals surface area contributed by atoms with Gasteiger partial charge in [-0.05, 0) is 12.5 Å². The van der Waals surface area contributed by atoms with Crippen molar-refractivity contribution in [2.45, 2.75) is 19.4 Å². The zero-order chi connectivity index (χ0) is 12.1. The van der Waals surface area contributed by atoms with Crippen molar-refractivity contribution in [1.82, 2.24) is 15.1 Å². The lowest BCUT2D eigenvalue weighted by atomic mass is 10.2.